The Morgan fingerprint density at radius 1 is 1.31 bits per heavy atom. The van der Waals surface area contributed by atoms with Crippen molar-refractivity contribution < 1.29 is 4.79 Å². The third-order valence-corrected chi connectivity index (χ3v) is 5.59. The van der Waals surface area contributed by atoms with Crippen molar-refractivity contribution in [1.82, 2.24) is 14.9 Å². The average molecular weight is 365 g/mol. The molecule has 1 amide bonds. The number of aromatic nitrogens is 2. The summed E-state index contributed by atoms with van der Waals surface area (Å²) in [7, 11) is 0. The van der Waals surface area contributed by atoms with Crippen LogP contribution in [-0.2, 0) is 19.4 Å². The quantitative estimate of drug-likeness (QED) is 0.773. The molecule has 132 valence electrons. The van der Waals surface area contributed by atoms with Gasteiger partial charge in [0.15, 0.2) is 0 Å². The monoisotopic (exact) mass is 365 g/mol. The van der Waals surface area contributed by atoms with Crippen LogP contribution in [-0.4, -0.2) is 15.5 Å². The number of rotatable bonds is 4. The lowest BCUT2D eigenvalue weighted by atomic mass is 10.1. The Hall–Kier alpha value is -2.73. The molecule has 0 aliphatic heterocycles. The summed E-state index contributed by atoms with van der Waals surface area (Å²) < 4.78 is 1.61. The molecule has 0 fully saturated rings. The van der Waals surface area contributed by atoms with Gasteiger partial charge >= 0.3 is 0 Å². The summed E-state index contributed by atoms with van der Waals surface area (Å²) in [4.78, 5) is 30.7. The summed E-state index contributed by atoms with van der Waals surface area (Å²) in [5.74, 6) is -0.345. The number of fused-ring (bicyclic) bond motifs is 1. The average Bonchev–Trinajstić information content (AvgIpc) is 3.31. The summed E-state index contributed by atoms with van der Waals surface area (Å²) in [6.07, 6.45) is 6.61. The first-order valence-electron chi connectivity index (χ1n) is 8.64. The molecule has 26 heavy (non-hydrogen) atoms. The highest BCUT2D eigenvalue weighted by Crippen LogP contribution is 2.27. The number of aryl methyl sites for hydroxylation is 2. The highest BCUT2D eigenvalue weighted by molar-refractivity contribution is 7.09. The van der Waals surface area contributed by atoms with Gasteiger partial charge in [-0.05, 0) is 55.0 Å². The van der Waals surface area contributed by atoms with Gasteiger partial charge in [-0.3, -0.25) is 19.1 Å². The SMILES string of the molecule is Cc1ccn(-c2cccc3c2CCC3)c(=O)c1C(=O)NCc1cncs1. The molecule has 2 aromatic heterocycles. The number of nitrogens with one attached hydrogen (secondary N) is 1. The molecule has 0 saturated carbocycles. The molecule has 2 heterocycles. The van der Waals surface area contributed by atoms with Crippen LogP contribution in [0.1, 0.15) is 38.3 Å². The van der Waals surface area contributed by atoms with Crippen LogP contribution in [0.5, 0.6) is 0 Å². The van der Waals surface area contributed by atoms with E-state index < -0.39 is 0 Å². The molecule has 1 N–H and O–H groups in total. The first kappa shape index (κ1) is 16.7. The first-order valence-corrected chi connectivity index (χ1v) is 9.52. The minimum atomic E-state index is -0.345. The van der Waals surface area contributed by atoms with E-state index in [2.05, 4.69) is 16.4 Å². The van der Waals surface area contributed by atoms with Gasteiger partial charge in [0.25, 0.3) is 11.5 Å². The highest BCUT2D eigenvalue weighted by Gasteiger charge is 2.20. The summed E-state index contributed by atoms with van der Waals surface area (Å²) >= 11 is 1.47. The van der Waals surface area contributed by atoms with Crippen molar-refractivity contribution >= 4 is 17.2 Å². The molecule has 0 atom stereocenters. The van der Waals surface area contributed by atoms with Crippen molar-refractivity contribution in [3.05, 3.63) is 79.7 Å². The maximum atomic E-state index is 13.1. The molecular weight excluding hydrogens is 346 g/mol. The summed E-state index contributed by atoms with van der Waals surface area (Å²) in [5.41, 5.74) is 5.74. The summed E-state index contributed by atoms with van der Waals surface area (Å²) in [5, 5.41) is 2.83. The Balaban J connectivity index is 1.71. The normalized spacial score (nSPS) is 12.8. The maximum absolute atomic E-state index is 13.1. The Kier molecular flexibility index (Phi) is 4.42. The van der Waals surface area contributed by atoms with Gasteiger partial charge in [0, 0.05) is 17.3 Å². The van der Waals surface area contributed by atoms with E-state index in [-0.39, 0.29) is 17.0 Å². The Bertz CT molecular complexity index is 1020. The van der Waals surface area contributed by atoms with E-state index in [0.717, 1.165) is 29.8 Å². The predicted octanol–water partition coefficient (Wildman–Crippen LogP) is 3.02. The minimum absolute atomic E-state index is 0.201. The summed E-state index contributed by atoms with van der Waals surface area (Å²) in [6.45, 7) is 2.17. The number of thiazole rings is 1. The van der Waals surface area contributed by atoms with Crippen molar-refractivity contribution in [2.24, 2.45) is 0 Å². The van der Waals surface area contributed by atoms with Gasteiger partial charge < -0.3 is 5.32 Å². The van der Waals surface area contributed by atoms with E-state index >= 15 is 0 Å². The number of nitrogens with zero attached hydrogens (tertiary/aromatic N) is 2. The number of hydrogen-bond acceptors (Lipinski definition) is 4. The molecule has 0 unspecified atom stereocenters. The lowest BCUT2D eigenvalue weighted by Gasteiger charge is -2.14. The topological polar surface area (TPSA) is 64.0 Å². The molecule has 3 aromatic rings. The smallest absolute Gasteiger partial charge is 0.268 e. The lowest BCUT2D eigenvalue weighted by Crippen LogP contribution is -2.33. The number of benzene rings is 1. The van der Waals surface area contributed by atoms with Crippen LogP contribution < -0.4 is 10.9 Å². The molecule has 6 heteroatoms. The van der Waals surface area contributed by atoms with E-state index in [9.17, 15) is 9.59 Å². The Labute approximate surface area is 155 Å². The fourth-order valence-corrected chi connectivity index (χ4v) is 4.04. The molecule has 0 bridgehead atoms. The lowest BCUT2D eigenvalue weighted by molar-refractivity contribution is 0.0949. The van der Waals surface area contributed by atoms with Crippen molar-refractivity contribution in [2.75, 3.05) is 0 Å². The molecular formula is C20H19N3O2S. The zero-order valence-corrected chi connectivity index (χ0v) is 15.3. The summed E-state index contributed by atoms with van der Waals surface area (Å²) in [6, 6.07) is 7.89. The zero-order chi connectivity index (χ0) is 18.1. The van der Waals surface area contributed by atoms with E-state index in [0.29, 0.717) is 12.1 Å². The van der Waals surface area contributed by atoms with E-state index in [1.165, 1.54) is 22.5 Å². The third kappa shape index (κ3) is 2.97. The van der Waals surface area contributed by atoms with Crippen LogP contribution in [0.4, 0.5) is 0 Å². The molecule has 0 saturated heterocycles. The van der Waals surface area contributed by atoms with Gasteiger partial charge in [0.05, 0.1) is 17.7 Å². The molecule has 5 nitrogen and oxygen atoms in total. The second kappa shape index (κ2) is 6.88. The highest BCUT2D eigenvalue weighted by atomic mass is 32.1. The minimum Gasteiger partial charge on any atom is -0.347 e. The fourth-order valence-electron chi connectivity index (χ4n) is 3.50. The molecule has 0 radical (unpaired) electrons. The molecule has 4 rings (SSSR count). The van der Waals surface area contributed by atoms with Gasteiger partial charge in [-0.15, -0.1) is 11.3 Å². The van der Waals surface area contributed by atoms with Crippen molar-refractivity contribution in [3.8, 4) is 5.69 Å². The van der Waals surface area contributed by atoms with Crippen LogP contribution in [0.15, 0.2) is 47.0 Å². The second-order valence-corrected chi connectivity index (χ2v) is 7.44. The Morgan fingerprint density at radius 3 is 3.00 bits per heavy atom. The van der Waals surface area contributed by atoms with Gasteiger partial charge in [0.2, 0.25) is 0 Å². The van der Waals surface area contributed by atoms with Gasteiger partial charge in [-0.2, -0.15) is 0 Å². The second-order valence-electron chi connectivity index (χ2n) is 6.47. The van der Waals surface area contributed by atoms with E-state index in [4.69, 9.17) is 0 Å². The third-order valence-electron chi connectivity index (χ3n) is 4.82. The molecule has 1 aliphatic rings. The van der Waals surface area contributed by atoms with E-state index in [1.54, 1.807) is 29.4 Å². The molecule has 1 aliphatic carbocycles. The van der Waals surface area contributed by atoms with E-state index in [1.807, 2.05) is 18.2 Å². The van der Waals surface area contributed by atoms with Crippen molar-refractivity contribution in [1.29, 1.82) is 0 Å². The first-order chi connectivity index (χ1) is 12.6. The standard InChI is InChI=1S/C20H19N3O2S/c1-13-8-9-23(17-7-3-5-14-4-2-6-16(14)17)20(25)18(13)19(24)22-11-15-10-21-12-26-15/h3,5,7-10,12H,2,4,6,11H2,1H3,(H,22,24). The van der Waals surface area contributed by atoms with Gasteiger partial charge in [-0.25, -0.2) is 0 Å². The van der Waals surface area contributed by atoms with Crippen LogP contribution in [0, 0.1) is 6.92 Å². The Morgan fingerprint density at radius 2 is 2.19 bits per heavy atom. The number of carbonyl (C=O) groups excluding carboxylic acids is 1. The fraction of sp³-hybridized carbons (Fsp3) is 0.250. The largest absolute Gasteiger partial charge is 0.347 e. The predicted molar refractivity (Wildman–Crippen MR) is 102 cm³/mol. The van der Waals surface area contributed by atoms with Crippen molar-refractivity contribution in [3.63, 3.8) is 0 Å². The number of amides is 1. The van der Waals surface area contributed by atoms with Gasteiger partial charge in [-0.1, -0.05) is 12.1 Å². The van der Waals surface area contributed by atoms with Gasteiger partial charge in [0.1, 0.15) is 5.56 Å². The van der Waals surface area contributed by atoms with Crippen LogP contribution in [0.25, 0.3) is 5.69 Å². The number of carbonyl (C=O) groups is 1. The van der Waals surface area contributed by atoms with Crippen LogP contribution >= 0.6 is 11.3 Å². The van der Waals surface area contributed by atoms with Crippen LogP contribution in [0.2, 0.25) is 0 Å². The number of pyridine rings is 1. The maximum Gasteiger partial charge on any atom is 0.268 e. The molecule has 0 spiro atoms. The number of hydrogen-bond donors (Lipinski definition) is 1. The zero-order valence-electron chi connectivity index (χ0n) is 14.5. The molecule has 1 aromatic carbocycles. The van der Waals surface area contributed by atoms with Crippen LogP contribution in [0.3, 0.4) is 0 Å². The van der Waals surface area contributed by atoms with Crippen molar-refractivity contribution in [2.45, 2.75) is 32.7 Å².